The normalized spacial score (nSPS) is 13.0. The van der Waals surface area contributed by atoms with Crippen LogP contribution in [0.1, 0.15) is 35.3 Å². The lowest BCUT2D eigenvalue weighted by molar-refractivity contribution is -0.117. The van der Waals surface area contributed by atoms with E-state index in [4.69, 9.17) is 5.73 Å². The van der Waals surface area contributed by atoms with Gasteiger partial charge in [-0.2, -0.15) is 11.3 Å². The van der Waals surface area contributed by atoms with Gasteiger partial charge in [0.15, 0.2) is 5.96 Å². The van der Waals surface area contributed by atoms with Gasteiger partial charge in [-0.1, -0.05) is 12.1 Å². The van der Waals surface area contributed by atoms with Gasteiger partial charge in [0.1, 0.15) is 5.60 Å². The van der Waals surface area contributed by atoms with E-state index in [0.717, 1.165) is 11.1 Å². The summed E-state index contributed by atoms with van der Waals surface area (Å²) in [6.07, 6.45) is 0. The summed E-state index contributed by atoms with van der Waals surface area (Å²) in [7, 11) is 0. The van der Waals surface area contributed by atoms with Gasteiger partial charge in [0.2, 0.25) is 5.91 Å². The van der Waals surface area contributed by atoms with Crippen molar-refractivity contribution in [3.05, 3.63) is 57.8 Å². The molecular weight excluding hydrogens is 517 g/mol. The van der Waals surface area contributed by atoms with E-state index < -0.39 is 11.5 Å². The van der Waals surface area contributed by atoms with Gasteiger partial charge in [0.25, 0.3) is 5.91 Å². The SMILES string of the molecule is CCNC(=NCc1ccc(C(=O)NCC(N)=O)cc1)NCC(C)(O)c1ccsc1.I. The molecule has 10 heteroatoms. The average Bonchev–Trinajstić information content (AvgIpc) is 3.24. The Hall–Kier alpha value is -2.18. The van der Waals surface area contributed by atoms with E-state index in [-0.39, 0.29) is 36.4 Å². The van der Waals surface area contributed by atoms with Crippen molar-refractivity contribution < 1.29 is 14.7 Å². The van der Waals surface area contributed by atoms with Gasteiger partial charge in [0.05, 0.1) is 19.6 Å². The third kappa shape index (κ3) is 8.28. The predicted octanol–water partition coefficient (Wildman–Crippen LogP) is 1.54. The molecule has 0 aliphatic heterocycles. The first-order chi connectivity index (χ1) is 13.8. The Labute approximate surface area is 197 Å². The van der Waals surface area contributed by atoms with Crippen molar-refractivity contribution >= 4 is 53.1 Å². The molecule has 1 unspecified atom stereocenters. The Morgan fingerprint density at radius 1 is 1.17 bits per heavy atom. The molecule has 1 aromatic carbocycles. The number of nitrogens with one attached hydrogen (secondary N) is 3. The minimum atomic E-state index is -1.00. The number of halogens is 1. The van der Waals surface area contributed by atoms with Crippen LogP contribution >= 0.6 is 35.3 Å². The third-order valence-electron chi connectivity index (χ3n) is 4.15. The first-order valence-corrected chi connectivity index (χ1v) is 10.2. The first kappa shape index (κ1) is 25.9. The summed E-state index contributed by atoms with van der Waals surface area (Å²) in [6, 6.07) is 8.84. The van der Waals surface area contributed by atoms with Crippen molar-refractivity contribution in [2.45, 2.75) is 26.0 Å². The molecule has 0 fully saturated rings. The number of aliphatic imine (C=N–C) groups is 1. The highest BCUT2D eigenvalue weighted by Crippen LogP contribution is 2.21. The summed E-state index contributed by atoms with van der Waals surface area (Å²) in [6.45, 7) is 4.93. The second kappa shape index (κ2) is 12.5. The van der Waals surface area contributed by atoms with Crippen LogP contribution in [0.25, 0.3) is 0 Å². The van der Waals surface area contributed by atoms with Gasteiger partial charge in [-0.25, -0.2) is 4.99 Å². The summed E-state index contributed by atoms with van der Waals surface area (Å²) in [5.74, 6) is -0.360. The van der Waals surface area contributed by atoms with E-state index in [1.54, 1.807) is 42.5 Å². The number of nitrogens with zero attached hydrogens (tertiary/aromatic N) is 1. The lowest BCUT2D eigenvalue weighted by Crippen LogP contribution is -2.44. The number of thiophene rings is 1. The van der Waals surface area contributed by atoms with Crippen LogP contribution in [0.2, 0.25) is 0 Å². The number of nitrogens with two attached hydrogens (primary N) is 1. The smallest absolute Gasteiger partial charge is 0.251 e. The van der Waals surface area contributed by atoms with E-state index in [9.17, 15) is 14.7 Å². The molecule has 0 radical (unpaired) electrons. The van der Waals surface area contributed by atoms with Crippen LogP contribution in [0.5, 0.6) is 0 Å². The largest absolute Gasteiger partial charge is 0.384 e. The zero-order chi connectivity index (χ0) is 21.3. The summed E-state index contributed by atoms with van der Waals surface area (Å²) in [5.41, 5.74) is 6.23. The number of hydrogen-bond donors (Lipinski definition) is 5. The number of aliphatic hydroxyl groups is 1. The average molecular weight is 545 g/mol. The van der Waals surface area contributed by atoms with Crippen LogP contribution in [-0.2, 0) is 16.9 Å². The Morgan fingerprint density at radius 2 is 1.87 bits per heavy atom. The molecule has 0 aliphatic carbocycles. The molecule has 0 saturated carbocycles. The maximum absolute atomic E-state index is 11.9. The highest BCUT2D eigenvalue weighted by Gasteiger charge is 2.23. The van der Waals surface area contributed by atoms with Crippen molar-refractivity contribution in [2.75, 3.05) is 19.6 Å². The standard InChI is InChI=1S/C20H27N5O3S.HI/c1-3-22-19(25-13-20(2,28)16-8-9-29-12-16)24-10-14-4-6-15(7-5-14)18(27)23-11-17(21)26;/h4-9,12,28H,3,10-11,13H2,1-2H3,(H2,21,26)(H,23,27)(H2,22,24,25);1H. The van der Waals surface area contributed by atoms with Crippen molar-refractivity contribution in [1.82, 2.24) is 16.0 Å². The molecule has 30 heavy (non-hydrogen) atoms. The second-order valence-corrected chi connectivity index (χ2v) is 7.46. The van der Waals surface area contributed by atoms with Crippen LogP contribution in [-0.4, -0.2) is 42.5 Å². The van der Waals surface area contributed by atoms with E-state index in [1.807, 2.05) is 23.8 Å². The van der Waals surface area contributed by atoms with E-state index in [1.165, 1.54) is 0 Å². The zero-order valence-electron chi connectivity index (χ0n) is 17.0. The first-order valence-electron chi connectivity index (χ1n) is 9.24. The molecule has 0 spiro atoms. The number of benzene rings is 1. The molecule has 2 rings (SSSR count). The van der Waals surface area contributed by atoms with Crippen LogP contribution in [0.15, 0.2) is 46.1 Å². The predicted molar refractivity (Wildman–Crippen MR) is 130 cm³/mol. The van der Waals surface area contributed by atoms with Crippen molar-refractivity contribution in [2.24, 2.45) is 10.7 Å². The topological polar surface area (TPSA) is 129 Å². The molecule has 1 aromatic heterocycles. The van der Waals surface area contributed by atoms with Gasteiger partial charge in [0, 0.05) is 12.1 Å². The van der Waals surface area contributed by atoms with E-state index in [0.29, 0.717) is 31.2 Å². The Balaban J connectivity index is 0.00000450. The molecule has 1 atom stereocenters. The number of carbonyl (C=O) groups excluding carboxylic acids is 2. The fourth-order valence-corrected chi connectivity index (χ4v) is 3.25. The fourth-order valence-electron chi connectivity index (χ4n) is 2.47. The lowest BCUT2D eigenvalue weighted by atomic mass is 9.99. The quantitative estimate of drug-likeness (QED) is 0.186. The second-order valence-electron chi connectivity index (χ2n) is 6.68. The minimum Gasteiger partial charge on any atom is -0.384 e. The Morgan fingerprint density at radius 3 is 2.43 bits per heavy atom. The van der Waals surface area contributed by atoms with Gasteiger partial charge < -0.3 is 26.8 Å². The number of rotatable bonds is 9. The summed E-state index contributed by atoms with van der Waals surface area (Å²) < 4.78 is 0. The van der Waals surface area contributed by atoms with Gasteiger partial charge in [-0.3, -0.25) is 9.59 Å². The van der Waals surface area contributed by atoms with Crippen molar-refractivity contribution in [1.29, 1.82) is 0 Å². The summed E-state index contributed by atoms with van der Waals surface area (Å²) in [4.78, 5) is 27.2. The summed E-state index contributed by atoms with van der Waals surface area (Å²) >= 11 is 1.54. The number of hydrogen-bond acceptors (Lipinski definition) is 5. The van der Waals surface area contributed by atoms with Crippen LogP contribution < -0.4 is 21.7 Å². The molecule has 164 valence electrons. The fraction of sp³-hybridized carbons (Fsp3) is 0.350. The summed E-state index contributed by atoms with van der Waals surface area (Å²) in [5, 5.41) is 23.2. The molecule has 8 nitrogen and oxygen atoms in total. The van der Waals surface area contributed by atoms with Gasteiger partial charge in [-0.15, -0.1) is 24.0 Å². The molecular formula is C20H28IN5O3S. The monoisotopic (exact) mass is 545 g/mol. The molecule has 2 amide bonds. The maximum atomic E-state index is 11.9. The molecule has 0 saturated heterocycles. The zero-order valence-corrected chi connectivity index (χ0v) is 20.1. The molecule has 2 aromatic rings. The number of guanidine groups is 1. The van der Waals surface area contributed by atoms with Gasteiger partial charge >= 0.3 is 0 Å². The van der Waals surface area contributed by atoms with Crippen molar-refractivity contribution in [3.8, 4) is 0 Å². The third-order valence-corrected chi connectivity index (χ3v) is 4.83. The Bertz CT molecular complexity index is 839. The van der Waals surface area contributed by atoms with Crippen molar-refractivity contribution in [3.63, 3.8) is 0 Å². The minimum absolute atomic E-state index is 0. The van der Waals surface area contributed by atoms with Crippen LogP contribution in [0.3, 0.4) is 0 Å². The molecule has 6 N–H and O–H groups in total. The van der Waals surface area contributed by atoms with E-state index >= 15 is 0 Å². The number of amides is 2. The maximum Gasteiger partial charge on any atom is 0.251 e. The van der Waals surface area contributed by atoms with E-state index in [2.05, 4.69) is 20.9 Å². The number of carbonyl (C=O) groups is 2. The Kier molecular flexibility index (Phi) is 10.8. The van der Waals surface area contributed by atoms with Gasteiger partial charge in [-0.05, 0) is 53.9 Å². The lowest BCUT2D eigenvalue weighted by Gasteiger charge is -2.24. The number of primary amides is 1. The highest BCUT2D eigenvalue weighted by atomic mass is 127. The van der Waals surface area contributed by atoms with Crippen LogP contribution in [0, 0.1) is 0 Å². The highest BCUT2D eigenvalue weighted by molar-refractivity contribution is 14.0. The molecule has 0 aliphatic rings. The van der Waals surface area contributed by atoms with Crippen LogP contribution in [0.4, 0.5) is 0 Å². The molecule has 1 heterocycles. The molecule has 0 bridgehead atoms.